The molecule has 0 aliphatic carbocycles. The number of amides is 12. The highest BCUT2D eigenvalue weighted by molar-refractivity contribution is 6.00. The van der Waals surface area contributed by atoms with Gasteiger partial charge in [0.1, 0.15) is 72.6 Å². The second kappa shape index (κ2) is 37.9. The van der Waals surface area contributed by atoms with E-state index in [1.807, 2.05) is 62.4 Å². The van der Waals surface area contributed by atoms with Crippen LogP contribution in [0.15, 0.2) is 12.2 Å². The van der Waals surface area contributed by atoms with Gasteiger partial charge < -0.3 is 75.2 Å². The molecule has 3 aliphatic rings. The molecule has 27 heteroatoms. The molecule has 3 fully saturated rings. The van der Waals surface area contributed by atoms with Crippen molar-refractivity contribution in [3.8, 4) is 0 Å². The molecule has 0 spiro atoms. The van der Waals surface area contributed by atoms with Crippen LogP contribution in [0, 0.1) is 41.4 Å². The first kappa shape index (κ1) is 84.3. The van der Waals surface area contributed by atoms with Crippen LogP contribution in [0.5, 0.6) is 0 Å². The van der Waals surface area contributed by atoms with Crippen molar-refractivity contribution in [2.75, 3.05) is 82.1 Å². The Morgan fingerprint density at radius 1 is 0.505 bits per heavy atom. The molecule has 0 saturated carbocycles. The van der Waals surface area contributed by atoms with Crippen LogP contribution in [-0.4, -0.2) is 281 Å². The van der Waals surface area contributed by atoms with E-state index >= 15 is 33.6 Å². The van der Waals surface area contributed by atoms with Gasteiger partial charge in [0.2, 0.25) is 65.0 Å². The van der Waals surface area contributed by atoms with E-state index in [4.69, 9.17) is 4.74 Å². The first-order valence-electron chi connectivity index (χ1n) is 35.1. The lowest BCUT2D eigenvalue weighted by atomic mass is 9.91. The maximum atomic E-state index is 15.5. The standard InChI is InChI=1S/C70H123N13O14/c1-25-27-28-45(15)58(84)57-62(88)73-49(26-2)64(90)83-38-48(97-70(96)82-31-29-75(18)30-32-82)37-54(83)67(93)76(19)51(34-40(5)6)61(87)74-55(43(11)12)68(94)77(20)50(33-39(3)4)60(86)71-46(16)59(85)72-47(17)63(89)78(21)52(35-41(7)8)65(91)79(22)53(36-42(9)10)66(92)80(23)56(44(13)14)69(95)81(57)24/h25,27,39-58,84H,26,28-38H2,1-24H3,(H,71,86)(H,72,85)(H,73,88)(H,74,87)/b27-25+/t45-,46+,47-,48?,49+,50+,51+,52+,53+,54-,55+,56+,57+,58-/m1/s1. The molecule has 5 N–H and O–H groups in total. The van der Waals surface area contributed by atoms with Crippen molar-refractivity contribution < 1.29 is 67.4 Å². The van der Waals surface area contributed by atoms with Crippen molar-refractivity contribution in [3.63, 3.8) is 0 Å². The summed E-state index contributed by atoms with van der Waals surface area (Å²) in [5, 5.41) is 23.5. The molecule has 0 aromatic heterocycles. The summed E-state index contributed by atoms with van der Waals surface area (Å²) in [6, 6.07) is -14.3. The number of hydrogen-bond donors (Lipinski definition) is 5. The molecule has 14 atom stereocenters. The summed E-state index contributed by atoms with van der Waals surface area (Å²) in [6.07, 6.45) is 0.774. The summed E-state index contributed by atoms with van der Waals surface area (Å²) >= 11 is 0. The van der Waals surface area contributed by atoms with Gasteiger partial charge in [-0.25, -0.2) is 4.79 Å². The number of hydrogen-bond acceptors (Lipinski definition) is 15. The first-order valence-corrected chi connectivity index (χ1v) is 35.1. The SMILES string of the molecule is C/C=C/C[C@@H](C)[C@@H](O)[C@H]1C(=O)N[C@@H](CC)C(=O)N2CC(OC(=O)N3CCN(C)CC3)C[C@@H]2C(=O)N(C)[C@@H](CC(C)C)C(=O)N[C@@H](C(C)C)C(=O)N(C)[C@@H](CC(C)C)C(=O)N[C@@H](C)C(=O)N[C@H](C)C(=O)N(C)[C@@H](CC(C)C)C(=O)N(C)[C@@H](CC(C)C)C(=O)N(C)[C@@H](C(C)C)C(=O)N1C. The summed E-state index contributed by atoms with van der Waals surface area (Å²) in [4.78, 5) is 191. The van der Waals surface area contributed by atoms with E-state index in [2.05, 4.69) is 26.2 Å². The Hall–Kier alpha value is -6.90. The van der Waals surface area contributed by atoms with Gasteiger partial charge in [0.05, 0.1) is 12.6 Å². The number of aliphatic hydroxyl groups excluding tert-OH is 1. The van der Waals surface area contributed by atoms with Gasteiger partial charge in [0.15, 0.2) is 0 Å². The van der Waals surface area contributed by atoms with Crippen LogP contribution < -0.4 is 21.3 Å². The predicted octanol–water partition coefficient (Wildman–Crippen LogP) is 3.16. The van der Waals surface area contributed by atoms with Crippen molar-refractivity contribution >= 4 is 71.1 Å². The van der Waals surface area contributed by atoms with Crippen molar-refractivity contribution in [2.45, 2.75) is 241 Å². The molecular weight excluding hydrogens is 1250 g/mol. The number of ether oxygens (including phenoxy) is 1. The lowest BCUT2D eigenvalue weighted by Gasteiger charge is -2.41. The van der Waals surface area contributed by atoms with Gasteiger partial charge in [-0.15, -0.1) is 0 Å². The normalized spacial score (nSPS) is 28.3. The third-order valence-electron chi connectivity index (χ3n) is 19.1. The van der Waals surface area contributed by atoms with E-state index in [9.17, 15) is 29.1 Å². The van der Waals surface area contributed by atoms with E-state index in [1.54, 1.807) is 65.5 Å². The van der Waals surface area contributed by atoms with Gasteiger partial charge in [-0.1, -0.05) is 109 Å². The number of allylic oxidation sites excluding steroid dienone is 2. The Kier molecular flexibility index (Phi) is 32.9. The van der Waals surface area contributed by atoms with Crippen LogP contribution in [-0.2, 0) is 57.5 Å². The van der Waals surface area contributed by atoms with Crippen LogP contribution in [0.25, 0.3) is 0 Å². The Morgan fingerprint density at radius 3 is 1.42 bits per heavy atom. The highest BCUT2D eigenvalue weighted by Crippen LogP contribution is 2.29. The summed E-state index contributed by atoms with van der Waals surface area (Å²) in [5.74, 6) is -10.5. The highest BCUT2D eigenvalue weighted by Gasteiger charge is 2.49. The minimum absolute atomic E-state index is 0.0698. The van der Waals surface area contributed by atoms with E-state index in [0.717, 1.165) is 4.90 Å². The minimum Gasteiger partial charge on any atom is -0.444 e. The van der Waals surface area contributed by atoms with Crippen molar-refractivity contribution in [2.24, 2.45) is 41.4 Å². The Morgan fingerprint density at radius 2 is 0.948 bits per heavy atom. The second-order valence-electron chi connectivity index (χ2n) is 29.9. The molecule has 1 unspecified atom stereocenters. The van der Waals surface area contributed by atoms with Gasteiger partial charge in [-0.3, -0.25) is 52.7 Å². The Labute approximate surface area is 578 Å². The molecule has 27 nitrogen and oxygen atoms in total. The average Bonchev–Trinajstić information content (AvgIpc) is 1.78. The zero-order valence-corrected chi connectivity index (χ0v) is 63.0. The van der Waals surface area contributed by atoms with E-state index in [1.165, 1.54) is 85.5 Å². The number of nitrogens with zero attached hydrogens (tertiary/aromatic N) is 9. The predicted molar refractivity (Wildman–Crippen MR) is 370 cm³/mol. The molecule has 0 radical (unpaired) electrons. The summed E-state index contributed by atoms with van der Waals surface area (Å²) in [5.41, 5.74) is 0. The maximum absolute atomic E-state index is 15.5. The molecule has 3 aliphatic heterocycles. The molecule has 3 rings (SSSR count). The summed E-state index contributed by atoms with van der Waals surface area (Å²) in [6.45, 7) is 31.3. The molecule has 3 heterocycles. The van der Waals surface area contributed by atoms with Gasteiger partial charge in [0.25, 0.3) is 0 Å². The van der Waals surface area contributed by atoms with E-state index in [0.29, 0.717) is 26.2 Å². The number of nitrogens with one attached hydrogen (secondary N) is 4. The number of likely N-dealkylation sites (N-methyl/N-ethyl adjacent to an activating group) is 7. The van der Waals surface area contributed by atoms with E-state index < -0.39 is 167 Å². The molecular formula is C70H123N13O14. The smallest absolute Gasteiger partial charge is 0.410 e. The number of carbonyl (C=O) groups is 12. The Bertz CT molecular complexity index is 2750. The molecule has 3 saturated heterocycles. The van der Waals surface area contributed by atoms with Crippen LogP contribution in [0.4, 0.5) is 4.79 Å². The molecule has 552 valence electrons. The average molecular weight is 1370 g/mol. The highest BCUT2D eigenvalue weighted by atomic mass is 16.6. The van der Waals surface area contributed by atoms with Crippen LogP contribution >= 0.6 is 0 Å². The lowest BCUT2D eigenvalue weighted by molar-refractivity contribution is -0.157. The van der Waals surface area contributed by atoms with Gasteiger partial charge in [-0.05, 0) is 108 Å². The minimum atomic E-state index is -1.69. The third kappa shape index (κ3) is 22.6. The number of rotatable bonds is 16. The maximum Gasteiger partial charge on any atom is 0.410 e. The summed E-state index contributed by atoms with van der Waals surface area (Å²) in [7, 11) is 10.4. The molecule has 0 aromatic carbocycles. The fraction of sp³-hybridized carbons (Fsp3) is 0.800. The van der Waals surface area contributed by atoms with Crippen LogP contribution in [0.2, 0.25) is 0 Å². The zero-order chi connectivity index (χ0) is 74.1. The number of piperazine rings is 1. The second-order valence-corrected chi connectivity index (χ2v) is 29.9. The molecule has 0 bridgehead atoms. The number of carbonyl (C=O) groups excluding carboxylic acids is 12. The van der Waals surface area contributed by atoms with Gasteiger partial charge >= 0.3 is 6.09 Å². The third-order valence-corrected chi connectivity index (χ3v) is 19.1. The van der Waals surface area contributed by atoms with Crippen molar-refractivity contribution in [3.05, 3.63) is 12.2 Å². The lowest BCUT2D eigenvalue weighted by Crippen LogP contribution is -2.64. The largest absolute Gasteiger partial charge is 0.444 e. The fourth-order valence-corrected chi connectivity index (χ4v) is 13.0. The quantitative estimate of drug-likeness (QED) is 0.139. The van der Waals surface area contributed by atoms with Crippen LogP contribution in [0.3, 0.4) is 0 Å². The molecule has 97 heavy (non-hydrogen) atoms. The van der Waals surface area contributed by atoms with E-state index in [-0.39, 0.29) is 75.2 Å². The van der Waals surface area contributed by atoms with Crippen LogP contribution in [0.1, 0.15) is 163 Å². The summed E-state index contributed by atoms with van der Waals surface area (Å²) < 4.78 is 6.09. The van der Waals surface area contributed by atoms with Crippen molar-refractivity contribution in [1.82, 2.24) is 65.4 Å². The number of fused-ring (bicyclic) bond motifs is 1. The topological polar surface area (TPSA) is 312 Å². The fourth-order valence-electron chi connectivity index (χ4n) is 13.0. The zero-order valence-electron chi connectivity index (χ0n) is 63.0. The van der Waals surface area contributed by atoms with Crippen molar-refractivity contribution in [1.29, 1.82) is 0 Å². The molecule has 0 aromatic rings. The Balaban J connectivity index is 2.41. The molecule has 12 amide bonds. The van der Waals surface area contributed by atoms with Gasteiger partial charge in [-0.2, -0.15) is 0 Å². The first-order chi connectivity index (χ1) is 45.1. The monoisotopic (exact) mass is 1370 g/mol. The number of aliphatic hydroxyl groups is 1. The van der Waals surface area contributed by atoms with Gasteiger partial charge in [0, 0.05) is 74.9 Å².